The molecule has 0 bridgehead atoms. The number of hydrogen-bond donors (Lipinski definition) is 1. The zero-order chi connectivity index (χ0) is 12.8. The van der Waals surface area contributed by atoms with Crippen LogP contribution in [0.1, 0.15) is 0 Å². The number of halogens is 1. The minimum Gasteiger partial charge on any atom is -0.399 e. The second-order valence-electron chi connectivity index (χ2n) is 3.70. The number of nitrogens with two attached hydrogens (primary N) is 1. The number of rotatable bonds is 5. The molecule has 2 N–H and O–H groups in total. The summed E-state index contributed by atoms with van der Waals surface area (Å²) in [5, 5.41) is 0. The van der Waals surface area contributed by atoms with Gasteiger partial charge in [0.05, 0.1) is 0 Å². The van der Waals surface area contributed by atoms with Gasteiger partial charge < -0.3 is 5.73 Å². The molecule has 2 aromatic rings. The Morgan fingerprint density at radius 3 is 2.28 bits per heavy atom. The average Bonchev–Trinajstić information content (AvgIpc) is 2.39. The molecular formula is C14H14FNS2. The van der Waals surface area contributed by atoms with E-state index in [4.69, 9.17) is 5.73 Å². The first kappa shape index (κ1) is 13.3. The zero-order valence-electron chi connectivity index (χ0n) is 9.80. The molecule has 0 aromatic heterocycles. The van der Waals surface area contributed by atoms with Crippen molar-refractivity contribution in [3.63, 3.8) is 0 Å². The molecule has 0 saturated carbocycles. The van der Waals surface area contributed by atoms with Crippen LogP contribution in [0.15, 0.2) is 58.3 Å². The van der Waals surface area contributed by atoms with Crippen molar-refractivity contribution in [2.24, 2.45) is 0 Å². The van der Waals surface area contributed by atoms with Gasteiger partial charge in [-0.05, 0) is 36.4 Å². The molecule has 0 unspecified atom stereocenters. The summed E-state index contributed by atoms with van der Waals surface area (Å²) in [5.41, 5.74) is 6.40. The van der Waals surface area contributed by atoms with Crippen molar-refractivity contribution in [1.29, 1.82) is 0 Å². The maximum atomic E-state index is 13.3. The normalized spacial score (nSPS) is 10.5. The summed E-state index contributed by atoms with van der Waals surface area (Å²) in [6.45, 7) is 0. The molecule has 0 heterocycles. The molecule has 0 saturated heterocycles. The largest absolute Gasteiger partial charge is 0.399 e. The van der Waals surface area contributed by atoms with Gasteiger partial charge >= 0.3 is 0 Å². The lowest BCUT2D eigenvalue weighted by Gasteiger charge is -2.03. The maximum Gasteiger partial charge on any atom is 0.136 e. The van der Waals surface area contributed by atoms with Crippen LogP contribution in [0.3, 0.4) is 0 Å². The highest BCUT2D eigenvalue weighted by molar-refractivity contribution is 8.03. The minimum absolute atomic E-state index is 0.139. The van der Waals surface area contributed by atoms with E-state index in [-0.39, 0.29) is 5.82 Å². The van der Waals surface area contributed by atoms with Crippen molar-refractivity contribution in [3.05, 3.63) is 54.3 Å². The predicted octanol–water partition coefficient (Wildman–Crippen LogP) is 4.29. The molecule has 0 radical (unpaired) electrons. The first-order chi connectivity index (χ1) is 8.75. The van der Waals surface area contributed by atoms with Crippen molar-refractivity contribution in [2.45, 2.75) is 9.79 Å². The summed E-state index contributed by atoms with van der Waals surface area (Å²) in [4.78, 5) is 1.91. The first-order valence-electron chi connectivity index (χ1n) is 5.61. The summed E-state index contributed by atoms with van der Waals surface area (Å²) in [6.07, 6.45) is 0. The molecule has 0 spiro atoms. The molecule has 94 valence electrons. The lowest BCUT2D eigenvalue weighted by atomic mass is 10.3. The Kier molecular flexibility index (Phi) is 4.96. The molecule has 0 fully saturated rings. The number of thioether (sulfide) groups is 2. The number of nitrogen functional groups attached to an aromatic ring is 1. The molecule has 1 nitrogen and oxygen atoms in total. The second-order valence-corrected chi connectivity index (χ2v) is 6.00. The Labute approximate surface area is 115 Å². The number of benzene rings is 2. The fourth-order valence-electron chi connectivity index (χ4n) is 1.44. The summed E-state index contributed by atoms with van der Waals surface area (Å²) in [7, 11) is 0. The fraction of sp³-hybridized carbons (Fsp3) is 0.143. The van der Waals surface area contributed by atoms with Crippen LogP contribution in [0.2, 0.25) is 0 Å². The van der Waals surface area contributed by atoms with Crippen LogP contribution < -0.4 is 5.73 Å². The summed E-state index contributed by atoms with van der Waals surface area (Å²) >= 11 is 3.30. The Bertz CT molecular complexity index is 499. The highest BCUT2D eigenvalue weighted by Gasteiger charge is 2.01. The topological polar surface area (TPSA) is 26.0 Å². The van der Waals surface area contributed by atoms with Crippen LogP contribution in [0.5, 0.6) is 0 Å². The van der Waals surface area contributed by atoms with Crippen molar-refractivity contribution >= 4 is 29.2 Å². The monoisotopic (exact) mass is 279 g/mol. The second kappa shape index (κ2) is 6.71. The lowest BCUT2D eigenvalue weighted by molar-refractivity contribution is 0.602. The van der Waals surface area contributed by atoms with Crippen molar-refractivity contribution in [1.82, 2.24) is 0 Å². The van der Waals surface area contributed by atoms with Gasteiger partial charge in [-0.25, -0.2) is 4.39 Å². The van der Waals surface area contributed by atoms with E-state index in [1.54, 1.807) is 29.6 Å². The highest BCUT2D eigenvalue weighted by atomic mass is 32.2. The molecule has 4 heteroatoms. The van der Waals surface area contributed by atoms with Gasteiger partial charge in [0.25, 0.3) is 0 Å². The van der Waals surface area contributed by atoms with Crippen LogP contribution in [-0.2, 0) is 0 Å². The standard InChI is InChI=1S/C14H14FNS2/c15-13-3-1-2-4-14(13)18-10-9-17-12-7-5-11(16)6-8-12/h1-8H,9-10,16H2. The molecular weight excluding hydrogens is 265 g/mol. The van der Waals surface area contributed by atoms with Gasteiger partial charge in [0, 0.05) is 27.0 Å². The van der Waals surface area contributed by atoms with E-state index in [2.05, 4.69) is 0 Å². The first-order valence-corrected chi connectivity index (χ1v) is 7.58. The van der Waals surface area contributed by atoms with Crippen molar-refractivity contribution in [2.75, 3.05) is 17.2 Å². The van der Waals surface area contributed by atoms with Crippen LogP contribution in [-0.4, -0.2) is 11.5 Å². The molecule has 2 aromatic carbocycles. The minimum atomic E-state index is -0.139. The van der Waals surface area contributed by atoms with E-state index in [0.29, 0.717) is 0 Å². The molecule has 18 heavy (non-hydrogen) atoms. The Hall–Kier alpha value is -1.13. The SMILES string of the molecule is Nc1ccc(SCCSc2ccccc2F)cc1. The third-order valence-electron chi connectivity index (χ3n) is 2.33. The van der Waals surface area contributed by atoms with Crippen LogP contribution in [0, 0.1) is 5.82 Å². The zero-order valence-corrected chi connectivity index (χ0v) is 11.4. The van der Waals surface area contributed by atoms with E-state index < -0.39 is 0 Å². The van der Waals surface area contributed by atoms with E-state index in [1.807, 2.05) is 36.4 Å². The van der Waals surface area contributed by atoms with Crippen LogP contribution in [0.25, 0.3) is 0 Å². The van der Waals surface area contributed by atoms with E-state index >= 15 is 0 Å². The van der Waals surface area contributed by atoms with E-state index in [9.17, 15) is 4.39 Å². The number of anilines is 1. The smallest absolute Gasteiger partial charge is 0.136 e. The third kappa shape index (κ3) is 3.96. The van der Waals surface area contributed by atoms with Gasteiger partial charge in [-0.15, -0.1) is 23.5 Å². The Balaban J connectivity index is 1.76. The molecule has 2 rings (SSSR count). The molecule has 0 aliphatic heterocycles. The molecule has 0 amide bonds. The van der Waals surface area contributed by atoms with Gasteiger partial charge in [0.1, 0.15) is 5.82 Å². The van der Waals surface area contributed by atoms with Crippen LogP contribution >= 0.6 is 23.5 Å². The van der Waals surface area contributed by atoms with Gasteiger partial charge in [0.15, 0.2) is 0 Å². The van der Waals surface area contributed by atoms with E-state index in [0.717, 1.165) is 22.1 Å². The molecule has 0 atom stereocenters. The van der Waals surface area contributed by atoms with Crippen LogP contribution in [0.4, 0.5) is 10.1 Å². The summed E-state index contributed by atoms with van der Waals surface area (Å²) in [6, 6.07) is 14.7. The maximum absolute atomic E-state index is 13.3. The average molecular weight is 279 g/mol. The van der Waals surface area contributed by atoms with Gasteiger partial charge in [0.2, 0.25) is 0 Å². The third-order valence-corrected chi connectivity index (χ3v) is 4.65. The van der Waals surface area contributed by atoms with Gasteiger partial charge in [-0.1, -0.05) is 12.1 Å². The van der Waals surface area contributed by atoms with Gasteiger partial charge in [-0.2, -0.15) is 0 Å². The molecule has 0 aliphatic carbocycles. The summed E-state index contributed by atoms with van der Waals surface area (Å²) < 4.78 is 13.3. The Morgan fingerprint density at radius 2 is 1.56 bits per heavy atom. The summed E-state index contributed by atoms with van der Waals surface area (Å²) in [5.74, 6) is 1.69. The van der Waals surface area contributed by atoms with Crippen molar-refractivity contribution in [3.8, 4) is 0 Å². The highest BCUT2D eigenvalue weighted by Crippen LogP contribution is 2.25. The van der Waals surface area contributed by atoms with Crippen molar-refractivity contribution < 1.29 is 4.39 Å². The van der Waals surface area contributed by atoms with E-state index in [1.165, 1.54) is 11.0 Å². The lowest BCUT2D eigenvalue weighted by Crippen LogP contribution is -1.87. The predicted molar refractivity (Wildman–Crippen MR) is 78.7 cm³/mol. The Morgan fingerprint density at radius 1 is 0.889 bits per heavy atom. The fourth-order valence-corrected chi connectivity index (χ4v) is 3.27. The quantitative estimate of drug-likeness (QED) is 0.502. The number of hydrogen-bond acceptors (Lipinski definition) is 3. The van der Waals surface area contributed by atoms with Gasteiger partial charge in [-0.3, -0.25) is 0 Å². The molecule has 0 aliphatic rings.